The van der Waals surface area contributed by atoms with Crippen molar-refractivity contribution in [2.24, 2.45) is 0 Å². The second kappa shape index (κ2) is 5.34. The van der Waals surface area contributed by atoms with Crippen LogP contribution in [0.5, 0.6) is 0 Å². The summed E-state index contributed by atoms with van der Waals surface area (Å²) in [6.45, 7) is 10.7. The maximum absolute atomic E-state index is 6.25. The van der Waals surface area contributed by atoms with Gasteiger partial charge >= 0.3 is 8.56 Å². The Kier molecular flexibility index (Phi) is 4.53. The molecule has 17 heavy (non-hydrogen) atoms. The van der Waals surface area contributed by atoms with Crippen LogP contribution in [-0.4, -0.2) is 21.8 Å². The lowest BCUT2D eigenvalue weighted by molar-refractivity contribution is 0.146. The van der Waals surface area contributed by atoms with E-state index in [1.807, 2.05) is 18.2 Å². The van der Waals surface area contributed by atoms with Crippen LogP contribution >= 0.6 is 0 Å². The van der Waals surface area contributed by atoms with Gasteiger partial charge in [-0.1, -0.05) is 51.1 Å². The van der Waals surface area contributed by atoms with E-state index in [0.717, 1.165) is 0 Å². The van der Waals surface area contributed by atoms with Crippen LogP contribution in [0.25, 0.3) is 0 Å². The van der Waals surface area contributed by atoms with E-state index in [9.17, 15) is 0 Å². The zero-order chi connectivity index (χ0) is 13.1. The number of benzene rings is 1. The Morgan fingerprint density at radius 3 is 1.94 bits per heavy atom. The summed E-state index contributed by atoms with van der Waals surface area (Å²) < 4.78 is 12.2. The molecule has 0 bridgehead atoms. The van der Waals surface area contributed by atoms with Crippen LogP contribution in [0.15, 0.2) is 30.3 Å². The molecule has 2 nitrogen and oxygen atoms in total. The fraction of sp³-hybridized carbons (Fsp3) is 0.571. The molecule has 3 heteroatoms. The highest BCUT2D eigenvalue weighted by Crippen LogP contribution is 2.37. The van der Waals surface area contributed by atoms with Crippen molar-refractivity contribution in [1.29, 1.82) is 0 Å². The molecule has 0 aliphatic carbocycles. The van der Waals surface area contributed by atoms with Gasteiger partial charge in [0.15, 0.2) is 0 Å². The van der Waals surface area contributed by atoms with E-state index in [1.165, 1.54) is 5.19 Å². The average molecular weight is 252 g/mol. The van der Waals surface area contributed by atoms with Crippen molar-refractivity contribution in [3.8, 4) is 0 Å². The van der Waals surface area contributed by atoms with Crippen LogP contribution in [0.2, 0.25) is 5.04 Å². The molecule has 0 aliphatic heterocycles. The predicted molar refractivity (Wildman–Crippen MR) is 74.8 cm³/mol. The highest BCUT2D eigenvalue weighted by Gasteiger charge is 2.51. The average Bonchev–Trinajstić information content (AvgIpc) is 2.25. The quantitative estimate of drug-likeness (QED) is 0.766. The number of hydrogen-bond acceptors (Lipinski definition) is 2. The summed E-state index contributed by atoms with van der Waals surface area (Å²) in [5, 5.41) is 1.19. The molecular formula is C14H24O2Si. The van der Waals surface area contributed by atoms with Crippen molar-refractivity contribution < 1.29 is 8.85 Å². The van der Waals surface area contributed by atoms with Gasteiger partial charge in [-0.15, -0.1) is 0 Å². The Bertz CT molecular complexity index is 343. The largest absolute Gasteiger partial charge is 0.394 e. The first kappa shape index (κ1) is 14.4. The zero-order valence-corrected chi connectivity index (χ0v) is 12.8. The highest BCUT2D eigenvalue weighted by molar-refractivity contribution is 6.83. The zero-order valence-electron chi connectivity index (χ0n) is 11.8. The Balaban J connectivity index is 3.27. The van der Waals surface area contributed by atoms with Gasteiger partial charge in [0.05, 0.1) is 0 Å². The second-order valence-corrected chi connectivity index (χ2v) is 9.56. The molecule has 0 saturated heterocycles. The van der Waals surface area contributed by atoms with E-state index in [4.69, 9.17) is 8.85 Å². The third-order valence-electron chi connectivity index (χ3n) is 2.83. The van der Waals surface area contributed by atoms with E-state index in [0.29, 0.717) is 0 Å². The van der Waals surface area contributed by atoms with Crippen LogP contribution in [-0.2, 0) is 8.85 Å². The molecule has 0 radical (unpaired) electrons. The van der Waals surface area contributed by atoms with Gasteiger partial charge in [0.2, 0.25) is 0 Å². The molecule has 0 saturated carbocycles. The molecule has 1 aromatic carbocycles. The maximum Gasteiger partial charge on any atom is 0.378 e. The Morgan fingerprint density at radius 1 is 1.06 bits per heavy atom. The molecule has 0 heterocycles. The fourth-order valence-electron chi connectivity index (χ4n) is 2.14. The van der Waals surface area contributed by atoms with Crippen molar-refractivity contribution in [2.45, 2.75) is 45.8 Å². The van der Waals surface area contributed by atoms with Gasteiger partial charge in [-0.05, 0) is 19.0 Å². The molecule has 1 rings (SSSR count). The summed E-state index contributed by atoms with van der Waals surface area (Å²) in [6.07, 6.45) is 0.168. The van der Waals surface area contributed by atoms with Crippen LogP contribution in [0.1, 0.15) is 34.6 Å². The monoisotopic (exact) mass is 252 g/mol. The van der Waals surface area contributed by atoms with E-state index >= 15 is 0 Å². The van der Waals surface area contributed by atoms with Gasteiger partial charge in [-0.2, -0.15) is 0 Å². The lowest BCUT2D eigenvalue weighted by atomic mass is 10.2. The van der Waals surface area contributed by atoms with Crippen LogP contribution < -0.4 is 5.19 Å². The lowest BCUT2D eigenvalue weighted by Gasteiger charge is -2.41. The lowest BCUT2D eigenvalue weighted by Crippen LogP contribution is -2.60. The smallest absolute Gasteiger partial charge is 0.378 e. The third kappa shape index (κ3) is 2.97. The summed E-state index contributed by atoms with van der Waals surface area (Å²) in [7, 11) is -0.640. The summed E-state index contributed by atoms with van der Waals surface area (Å²) in [4.78, 5) is 0. The van der Waals surface area contributed by atoms with E-state index < -0.39 is 8.56 Å². The minimum atomic E-state index is -2.41. The molecule has 0 fully saturated rings. The molecule has 1 aromatic rings. The summed E-state index contributed by atoms with van der Waals surface area (Å²) in [5.74, 6) is 0. The first-order valence-electron chi connectivity index (χ1n) is 6.12. The minimum absolute atomic E-state index is 0.00657. The Hall–Kier alpha value is -0.643. The van der Waals surface area contributed by atoms with Gasteiger partial charge < -0.3 is 8.85 Å². The topological polar surface area (TPSA) is 18.5 Å². The van der Waals surface area contributed by atoms with Crippen molar-refractivity contribution in [3.63, 3.8) is 0 Å². The molecular weight excluding hydrogens is 228 g/mol. The van der Waals surface area contributed by atoms with Crippen LogP contribution in [0.3, 0.4) is 0 Å². The molecule has 96 valence electrons. The fourth-order valence-corrected chi connectivity index (χ4v) is 5.73. The molecule has 0 spiro atoms. The Labute approximate surface area is 106 Å². The van der Waals surface area contributed by atoms with Crippen molar-refractivity contribution in [3.05, 3.63) is 30.3 Å². The van der Waals surface area contributed by atoms with Crippen molar-refractivity contribution in [1.82, 2.24) is 0 Å². The van der Waals surface area contributed by atoms with Gasteiger partial charge in [-0.25, -0.2) is 0 Å². The summed E-state index contributed by atoms with van der Waals surface area (Å²) in [5.41, 5.74) is 0. The maximum atomic E-state index is 6.25. The molecule has 0 N–H and O–H groups in total. The van der Waals surface area contributed by atoms with Gasteiger partial charge in [-0.3, -0.25) is 0 Å². The SMILES string of the molecule is CO[Si](OC(C)C)(c1ccccc1)C(C)(C)C. The van der Waals surface area contributed by atoms with E-state index in [1.54, 1.807) is 7.11 Å². The molecule has 1 unspecified atom stereocenters. The minimum Gasteiger partial charge on any atom is -0.394 e. The first-order valence-corrected chi connectivity index (χ1v) is 7.93. The van der Waals surface area contributed by atoms with Crippen molar-refractivity contribution in [2.75, 3.05) is 7.11 Å². The van der Waals surface area contributed by atoms with E-state index in [-0.39, 0.29) is 11.1 Å². The van der Waals surface area contributed by atoms with E-state index in [2.05, 4.69) is 46.8 Å². The third-order valence-corrected chi connectivity index (χ3v) is 7.28. The predicted octanol–water partition coefficient (Wildman–Crippen LogP) is 3.21. The molecule has 0 aliphatic rings. The first-order chi connectivity index (χ1) is 7.83. The van der Waals surface area contributed by atoms with Gasteiger partial charge in [0.1, 0.15) is 0 Å². The molecule has 1 atom stereocenters. The number of hydrogen-bond donors (Lipinski definition) is 0. The molecule has 0 amide bonds. The highest BCUT2D eigenvalue weighted by atomic mass is 28.4. The van der Waals surface area contributed by atoms with Crippen LogP contribution in [0.4, 0.5) is 0 Å². The molecule has 0 aromatic heterocycles. The Morgan fingerprint density at radius 2 is 1.59 bits per heavy atom. The summed E-state index contributed by atoms with van der Waals surface area (Å²) >= 11 is 0. The standard InChI is InChI=1S/C14H24O2Si/c1-12(2)16-17(15-6,14(3,4)5)13-10-8-7-9-11-13/h7-12H,1-6H3. The normalized spacial score (nSPS) is 15.9. The summed E-state index contributed by atoms with van der Waals surface area (Å²) in [6, 6.07) is 10.3. The van der Waals surface area contributed by atoms with Crippen LogP contribution in [0, 0.1) is 0 Å². The van der Waals surface area contributed by atoms with Crippen molar-refractivity contribution >= 4 is 13.7 Å². The second-order valence-electron chi connectivity index (χ2n) is 5.60. The van der Waals surface area contributed by atoms with Gasteiger partial charge in [0, 0.05) is 18.3 Å². The number of rotatable bonds is 4. The van der Waals surface area contributed by atoms with Gasteiger partial charge in [0.25, 0.3) is 0 Å².